The molecule has 0 spiro atoms. The Morgan fingerprint density at radius 1 is 1.30 bits per heavy atom. The van der Waals surface area contributed by atoms with Gasteiger partial charge in [0.1, 0.15) is 0 Å². The van der Waals surface area contributed by atoms with Gasteiger partial charge < -0.3 is 15.8 Å². The standard InChI is InChI=1S/C15H30N2O2.ClH/c1-4-19-13(12(2)3)8-11-17-14(18)15(16)9-6-5-7-10-15;/h12-13H,4-11,16H2,1-3H3,(H,17,18);1H. The van der Waals surface area contributed by atoms with Crippen LogP contribution in [0.5, 0.6) is 0 Å². The average Bonchev–Trinajstić information content (AvgIpc) is 2.38. The third-order valence-corrected chi connectivity index (χ3v) is 4.04. The molecule has 0 radical (unpaired) electrons. The molecule has 1 saturated carbocycles. The van der Waals surface area contributed by atoms with Crippen LogP contribution >= 0.6 is 12.4 Å². The molecule has 1 aliphatic carbocycles. The highest BCUT2D eigenvalue weighted by Crippen LogP contribution is 2.25. The van der Waals surface area contributed by atoms with Crippen molar-refractivity contribution in [3.8, 4) is 0 Å². The minimum absolute atomic E-state index is 0. The van der Waals surface area contributed by atoms with Crippen LogP contribution in [0.2, 0.25) is 0 Å². The van der Waals surface area contributed by atoms with Gasteiger partial charge in [-0.05, 0) is 32.1 Å². The molecule has 1 rings (SSSR count). The lowest BCUT2D eigenvalue weighted by Crippen LogP contribution is -2.55. The van der Waals surface area contributed by atoms with Crippen LogP contribution in [-0.2, 0) is 9.53 Å². The highest BCUT2D eigenvalue weighted by Gasteiger charge is 2.34. The molecule has 0 heterocycles. The van der Waals surface area contributed by atoms with E-state index in [0.717, 1.165) is 38.7 Å². The lowest BCUT2D eigenvalue weighted by molar-refractivity contribution is -0.127. The van der Waals surface area contributed by atoms with Crippen molar-refractivity contribution >= 4 is 18.3 Å². The van der Waals surface area contributed by atoms with Gasteiger partial charge in [0.15, 0.2) is 0 Å². The van der Waals surface area contributed by atoms with E-state index in [1.807, 2.05) is 6.92 Å². The van der Waals surface area contributed by atoms with Crippen molar-refractivity contribution in [2.75, 3.05) is 13.2 Å². The topological polar surface area (TPSA) is 64.3 Å². The van der Waals surface area contributed by atoms with Gasteiger partial charge in [0.25, 0.3) is 0 Å². The largest absolute Gasteiger partial charge is 0.378 e. The molecule has 0 saturated heterocycles. The van der Waals surface area contributed by atoms with Crippen LogP contribution in [0, 0.1) is 5.92 Å². The zero-order valence-corrected chi connectivity index (χ0v) is 13.9. The van der Waals surface area contributed by atoms with Crippen LogP contribution in [0.25, 0.3) is 0 Å². The number of hydrogen-bond donors (Lipinski definition) is 2. The second-order valence-electron chi connectivity index (χ2n) is 6.00. The minimum atomic E-state index is -0.628. The normalized spacial score (nSPS) is 19.2. The predicted octanol–water partition coefficient (Wildman–Crippen LogP) is 2.64. The molecule has 120 valence electrons. The first kappa shape index (κ1) is 19.7. The summed E-state index contributed by atoms with van der Waals surface area (Å²) in [6, 6.07) is 0. The first-order valence-electron chi connectivity index (χ1n) is 7.68. The Hall–Kier alpha value is -0.320. The van der Waals surface area contributed by atoms with Crippen LogP contribution in [0.1, 0.15) is 59.3 Å². The predicted molar refractivity (Wildman–Crippen MR) is 85.1 cm³/mol. The quantitative estimate of drug-likeness (QED) is 0.760. The Balaban J connectivity index is 0.00000361. The lowest BCUT2D eigenvalue weighted by atomic mass is 9.82. The van der Waals surface area contributed by atoms with E-state index in [1.54, 1.807) is 0 Å². The van der Waals surface area contributed by atoms with Gasteiger partial charge in [-0.25, -0.2) is 0 Å². The molecule has 1 amide bonds. The van der Waals surface area contributed by atoms with E-state index in [1.165, 1.54) is 6.42 Å². The summed E-state index contributed by atoms with van der Waals surface area (Å²) in [4.78, 5) is 12.2. The van der Waals surface area contributed by atoms with Gasteiger partial charge in [-0.1, -0.05) is 33.1 Å². The Morgan fingerprint density at radius 3 is 2.40 bits per heavy atom. The monoisotopic (exact) mass is 306 g/mol. The summed E-state index contributed by atoms with van der Waals surface area (Å²) >= 11 is 0. The SMILES string of the molecule is CCOC(CCNC(=O)C1(N)CCCCC1)C(C)C.Cl. The van der Waals surface area contributed by atoms with Gasteiger partial charge in [-0.3, -0.25) is 4.79 Å². The van der Waals surface area contributed by atoms with Crippen molar-refractivity contribution in [3.63, 3.8) is 0 Å². The molecule has 0 aromatic carbocycles. The molecule has 3 N–H and O–H groups in total. The van der Waals surface area contributed by atoms with Gasteiger partial charge in [-0.15, -0.1) is 12.4 Å². The maximum absolute atomic E-state index is 12.2. The van der Waals surface area contributed by atoms with Crippen molar-refractivity contribution in [1.82, 2.24) is 5.32 Å². The molecule has 0 bridgehead atoms. The van der Waals surface area contributed by atoms with Gasteiger partial charge in [0.05, 0.1) is 11.6 Å². The molecule has 1 fully saturated rings. The molecular formula is C15H31ClN2O2. The average molecular weight is 307 g/mol. The summed E-state index contributed by atoms with van der Waals surface area (Å²) in [5.41, 5.74) is 5.57. The molecule has 0 aromatic rings. The molecule has 20 heavy (non-hydrogen) atoms. The molecule has 0 aromatic heterocycles. The van der Waals surface area contributed by atoms with Gasteiger partial charge in [0.2, 0.25) is 5.91 Å². The number of nitrogens with one attached hydrogen (secondary N) is 1. The van der Waals surface area contributed by atoms with E-state index in [4.69, 9.17) is 10.5 Å². The van der Waals surface area contributed by atoms with E-state index in [0.29, 0.717) is 12.5 Å². The maximum atomic E-state index is 12.2. The van der Waals surface area contributed by atoms with E-state index in [-0.39, 0.29) is 24.4 Å². The molecule has 1 aliphatic rings. The summed E-state index contributed by atoms with van der Waals surface area (Å²) < 4.78 is 5.67. The Labute approximate surface area is 129 Å². The third-order valence-electron chi connectivity index (χ3n) is 4.04. The number of amides is 1. The molecule has 4 nitrogen and oxygen atoms in total. The number of halogens is 1. The number of carbonyl (C=O) groups excluding carboxylic acids is 1. The van der Waals surface area contributed by atoms with Crippen molar-refractivity contribution in [2.24, 2.45) is 11.7 Å². The van der Waals surface area contributed by atoms with E-state index in [2.05, 4.69) is 19.2 Å². The van der Waals surface area contributed by atoms with Crippen LogP contribution in [0.15, 0.2) is 0 Å². The number of carbonyl (C=O) groups is 1. The molecular weight excluding hydrogens is 276 g/mol. The fourth-order valence-electron chi connectivity index (χ4n) is 2.74. The van der Waals surface area contributed by atoms with E-state index in [9.17, 15) is 4.79 Å². The summed E-state index contributed by atoms with van der Waals surface area (Å²) in [5.74, 6) is 0.490. The smallest absolute Gasteiger partial charge is 0.240 e. The highest BCUT2D eigenvalue weighted by molar-refractivity contribution is 5.86. The fraction of sp³-hybridized carbons (Fsp3) is 0.933. The van der Waals surface area contributed by atoms with Crippen LogP contribution < -0.4 is 11.1 Å². The maximum Gasteiger partial charge on any atom is 0.240 e. The van der Waals surface area contributed by atoms with Crippen molar-refractivity contribution < 1.29 is 9.53 Å². The number of nitrogens with two attached hydrogens (primary N) is 1. The Kier molecular flexibility index (Phi) is 9.43. The van der Waals surface area contributed by atoms with Crippen molar-refractivity contribution in [2.45, 2.75) is 70.9 Å². The van der Waals surface area contributed by atoms with E-state index >= 15 is 0 Å². The van der Waals surface area contributed by atoms with Gasteiger partial charge in [-0.2, -0.15) is 0 Å². The summed E-state index contributed by atoms with van der Waals surface area (Å²) in [5, 5.41) is 2.99. The summed E-state index contributed by atoms with van der Waals surface area (Å²) in [6.45, 7) is 7.67. The van der Waals surface area contributed by atoms with Crippen LogP contribution in [0.4, 0.5) is 0 Å². The van der Waals surface area contributed by atoms with Crippen LogP contribution in [-0.4, -0.2) is 30.7 Å². The molecule has 5 heteroatoms. The first-order chi connectivity index (χ1) is 8.99. The lowest BCUT2D eigenvalue weighted by Gasteiger charge is -2.32. The van der Waals surface area contributed by atoms with Crippen LogP contribution in [0.3, 0.4) is 0 Å². The second kappa shape index (κ2) is 9.59. The summed E-state index contributed by atoms with van der Waals surface area (Å²) in [6.07, 6.45) is 6.04. The van der Waals surface area contributed by atoms with Crippen molar-refractivity contribution in [3.05, 3.63) is 0 Å². The first-order valence-corrected chi connectivity index (χ1v) is 7.68. The number of hydrogen-bond acceptors (Lipinski definition) is 3. The van der Waals surface area contributed by atoms with Gasteiger partial charge in [0, 0.05) is 13.2 Å². The minimum Gasteiger partial charge on any atom is -0.378 e. The third kappa shape index (κ3) is 5.98. The number of ether oxygens (including phenoxy) is 1. The van der Waals surface area contributed by atoms with E-state index < -0.39 is 5.54 Å². The fourth-order valence-corrected chi connectivity index (χ4v) is 2.74. The molecule has 1 unspecified atom stereocenters. The number of rotatable bonds is 7. The Bertz CT molecular complexity index is 279. The highest BCUT2D eigenvalue weighted by atomic mass is 35.5. The van der Waals surface area contributed by atoms with Crippen molar-refractivity contribution in [1.29, 1.82) is 0 Å². The summed E-state index contributed by atoms with van der Waals surface area (Å²) in [7, 11) is 0. The molecule has 1 atom stereocenters. The Morgan fingerprint density at radius 2 is 1.90 bits per heavy atom. The zero-order valence-electron chi connectivity index (χ0n) is 13.1. The molecule has 0 aliphatic heterocycles. The van der Waals surface area contributed by atoms with Gasteiger partial charge >= 0.3 is 0 Å². The second-order valence-corrected chi connectivity index (χ2v) is 6.00. The zero-order chi connectivity index (χ0) is 14.3.